The largest absolute Gasteiger partial charge is 0.392 e. The molecule has 2 aromatic rings. The molecule has 0 spiro atoms. The maximum absolute atomic E-state index is 9.83. The molecule has 0 saturated heterocycles. The lowest BCUT2D eigenvalue weighted by atomic mass is 9.95. The summed E-state index contributed by atoms with van der Waals surface area (Å²) >= 11 is 0. The van der Waals surface area contributed by atoms with Gasteiger partial charge in [-0.15, -0.1) is 0 Å². The van der Waals surface area contributed by atoms with E-state index in [2.05, 4.69) is 24.0 Å². The van der Waals surface area contributed by atoms with Crippen LogP contribution in [0.2, 0.25) is 0 Å². The lowest BCUT2D eigenvalue weighted by Crippen LogP contribution is -2.03. The predicted molar refractivity (Wildman–Crippen MR) is 98.7 cm³/mol. The molecule has 2 aromatic carbocycles. The molecule has 0 atom stereocenters. The van der Waals surface area contributed by atoms with Crippen LogP contribution in [0.5, 0.6) is 0 Å². The average Bonchev–Trinajstić information content (AvgIpc) is 2.70. The summed E-state index contributed by atoms with van der Waals surface area (Å²) in [5.41, 5.74) is 4.62. The second-order valence-electron chi connectivity index (χ2n) is 5.67. The number of nitriles is 2. The molecule has 0 bridgehead atoms. The summed E-state index contributed by atoms with van der Waals surface area (Å²) in [5, 5.41) is 36.6. The van der Waals surface area contributed by atoms with Crippen LogP contribution in [0.4, 0.5) is 0 Å². The molecule has 0 unspecified atom stereocenters. The van der Waals surface area contributed by atoms with E-state index in [0.717, 1.165) is 22.3 Å². The summed E-state index contributed by atoms with van der Waals surface area (Å²) in [6.07, 6.45) is 1.01. The van der Waals surface area contributed by atoms with Crippen molar-refractivity contribution >= 4 is 0 Å². The van der Waals surface area contributed by atoms with Crippen molar-refractivity contribution in [2.75, 3.05) is 13.2 Å². The van der Waals surface area contributed by atoms with Crippen LogP contribution in [0.3, 0.4) is 0 Å². The first-order chi connectivity index (χ1) is 12.7. The Balaban J connectivity index is 2.32. The number of nitrogens with zero attached hydrogens (tertiary/aromatic N) is 2. The Morgan fingerprint density at radius 3 is 1.69 bits per heavy atom. The molecule has 4 nitrogen and oxygen atoms in total. The minimum absolute atomic E-state index is 0.147. The summed E-state index contributed by atoms with van der Waals surface area (Å²) < 4.78 is 0. The molecule has 128 valence electrons. The highest BCUT2D eigenvalue weighted by Gasteiger charge is 2.08. The van der Waals surface area contributed by atoms with E-state index < -0.39 is 0 Å². The number of rotatable bonds is 5. The zero-order valence-electron chi connectivity index (χ0n) is 14.2. The van der Waals surface area contributed by atoms with Gasteiger partial charge in [0.25, 0.3) is 0 Å². The number of benzene rings is 2. The third kappa shape index (κ3) is 5.33. The normalized spacial score (nSPS) is 10.8. The van der Waals surface area contributed by atoms with Gasteiger partial charge in [0.1, 0.15) is 6.61 Å². The maximum Gasteiger partial charge on any atom is 0.104 e. The van der Waals surface area contributed by atoms with Gasteiger partial charge in [-0.25, -0.2) is 0 Å². The van der Waals surface area contributed by atoms with Crippen LogP contribution in [0.25, 0.3) is 0 Å². The fourth-order valence-corrected chi connectivity index (χ4v) is 2.51. The zero-order chi connectivity index (χ0) is 18.8. The third-order valence-electron chi connectivity index (χ3n) is 3.90. The predicted octanol–water partition coefficient (Wildman–Crippen LogP) is 2.50. The summed E-state index contributed by atoms with van der Waals surface area (Å²) in [7, 11) is 0. The Kier molecular flexibility index (Phi) is 7.17. The first-order valence-corrected chi connectivity index (χ1v) is 8.09. The molecule has 0 aliphatic heterocycles. The molecule has 26 heavy (non-hydrogen) atoms. The highest BCUT2D eigenvalue weighted by molar-refractivity contribution is 5.42. The third-order valence-corrected chi connectivity index (χ3v) is 3.90. The number of aliphatic hydroxyl groups excluding tert-OH is 2. The molecule has 2 rings (SSSR count). The van der Waals surface area contributed by atoms with E-state index in [1.807, 2.05) is 24.3 Å². The van der Waals surface area contributed by atoms with Crippen molar-refractivity contribution in [1.82, 2.24) is 0 Å². The molecule has 0 amide bonds. The van der Waals surface area contributed by atoms with Crippen LogP contribution in [0.15, 0.2) is 59.7 Å². The fraction of sp³-hybridized carbons (Fsp3) is 0.182. The van der Waals surface area contributed by atoms with Crippen molar-refractivity contribution in [3.63, 3.8) is 0 Å². The monoisotopic (exact) mass is 342 g/mol. The molecule has 4 heteroatoms. The quantitative estimate of drug-likeness (QED) is 0.817. The molecule has 0 fully saturated rings. The molecule has 0 aromatic heterocycles. The van der Waals surface area contributed by atoms with E-state index in [-0.39, 0.29) is 13.2 Å². The minimum atomic E-state index is -0.257. The Morgan fingerprint density at radius 2 is 1.27 bits per heavy atom. The van der Waals surface area contributed by atoms with E-state index >= 15 is 0 Å². The summed E-state index contributed by atoms with van der Waals surface area (Å²) in [6, 6.07) is 18.5. The van der Waals surface area contributed by atoms with Crippen LogP contribution in [-0.2, 0) is 12.8 Å². The molecular weight excluding hydrogens is 324 g/mol. The highest BCUT2D eigenvalue weighted by Crippen LogP contribution is 2.17. The van der Waals surface area contributed by atoms with Gasteiger partial charge in [-0.3, -0.25) is 0 Å². The van der Waals surface area contributed by atoms with Crippen LogP contribution in [0, 0.1) is 34.5 Å². The molecule has 0 radical (unpaired) electrons. The smallest absolute Gasteiger partial charge is 0.104 e. The molecule has 0 heterocycles. The Labute approximate surface area is 153 Å². The SMILES string of the molecule is N#Cc1ccc(C/C(C#CCO)=C(\CO)Cc2ccc(C#N)cc2)cc1. The van der Waals surface area contributed by atoms with Gasteiger partial charge in [-0.05, 0) is 47.4 Å². The van der Waals surface area contributed by atoms with Crippen molar-refractivity contribution in [3.05, 3.63) is 81.9 Å². The number of aliphatic hydroxyl groups is 2. The van der Waals surface area contributed by atoms with Crippen molar-refractivity contribution in [1.29, 1.82) is 10.5 Å². The van der Waals surface area contributed by atoms with Crippen molar-refractivity contribution < 1.29 is 10.2 Å². The summed E-state index contributed by atoms with van der Waals surface area (Å²) in [6.45, 7) is -0.405. The van der Waals surface area contributed by atoms with E-state index in [1.54, 1.807) is 24.3 Å². The van der Waals surface area contributed by atoms with Gasteiger partial charge < -0.3 is 10.2 Å². The van der Waals surface area contributed by atoms with Crippen molar-refractivity contribution in [2.24, 2.45) is 0 Å². The van der Waals surface area contributed by atoms with Crippen LogP contribution in [0.1, 0.15) is 22.3 Å². The van der Waals surface area contributed by atoms with Gasteiger partial charge in [-0.2, -0.15) is 10.5 Å². The number of hydrogen-bond donors (Lipinski definition) is 2. The Bertz CT molecular complexity index is 916. The Morgan fingerprint density at radius 1 is 0.769 bits per heavy atom. The summed E-state index contributed by atoms with van der Waals surface area (Å²) in [4.78, 5) is 0. The number of allylic oxidation sites excluding steroid dienone is 1. The van der Waals surface area contributed by atoms with Crippen molar-refractivity contribution in [3.8, 4) is 24.0 Å². The van der Waals surface area contributed by atoms with Gasteiger partial charge in [0.15, 0.2) is 0 Å². The molecule has 0 aliphatic rings. The van der Waals surface area contributed by atoms with E-state index in [0.29, 0.717) is 24.0 Å². The minimum Gasteiger partial charge on any atom is -0.392 e. The van der Waals surface area contributed by atoms with E-state index in [1.165, 1.54) is 0 Å². The lowest BCUT2D eigenvalue weighted by Gasteiger charge is -2.10. The Hall–Kier alpha value is -3.36. The second-order valence-corrected chi connectivity index (χ2v) is 5.67. The zero-order valence-corrected chi connectivity index (χ0v) is 14.2. The standard InChI is InChI=1S/C22H18N2O2/c23-14-19-7-3-17(4-8-19)12-21(2-1-11-25)22(16-26)13-18-5-9-20(15-24)10-6-18/h3-10,25-26H,11-13,16H2/b22-21-. The van der Waals surface area contributed by atoms with Crippen LogP contribution in [-0.4, -0.2) is 23.4 Å². The van der Waals surface area contributed by atoms with Gasteiger partial charge in [0.2, 0.25) is 0 Å². The van der Waals surface area contributed by atoms with E-state index in [9.17, 15) is 5.11 Å². The molecular formula is C22H18N2O2. The fourth-order valence-electron chi connectivity index (χ4n) is 2.51. The topological polar surface area (TPSA) is 88.0 Å². The maximum atomic E-state index is 9.83. The molecule has 2 N–H and O–H groups in total. The summed E-state index contributed by atoms with van der Waals surface area (Å²) in [5.74, 6) is 5.59. The first kappa shape index (κ1) is 19.0. The van der Waals surface area contributed by atoms with Crippen LogP contribution >= 0.6 is 0 Å². The molecule has 0 aliphatic carbocycles. The van der Waals surface area contributed by atoms with Gasteiger partial charge in [-0.1, -0.05) is 36.1 Å². The molecule has 0 saturated carbocycles. The van der Waals surface area contributed by atoms with E-state index in [4.69, 9.17) is 15.6 Å². The number of hydrogen-bond acceptors (Lipinski definition) is 4. The van der Waals surface area contributed by atoms with Gasteiger partial charge in [0.05, 0.1) is 29.9 Å². The van der Waals surface area contributed by atoms with Crippen molar-refractivity contribution in [2.45, 2.75) is 12.8 Å². The first-order valence-electron chi connectivity index (χ1n) is 8.09. The van der Waals surface area contributed by atoms with Crippen LogP contribution < -0.4 is 0 Å². The van der Waals surface area contributed by atoms with Gasteiger partial charge >= 0.3 is 0 Å². The average molecular weight is 342 g/mol. The highest BCUT2D eigenvalue weighted by atomic mass is 16.3. The second kappa shape index (κ2) is 9.82. The van der Waals surface area contributed by atoms with Gasteiger partial charge in [0, 0.05) is 12.0 Å². The lowest BCUT2D eigenvalue weighted by molar-refractivity contribution is 0.327.